The number of rotatable bonds is 7. The summed E-state index contributed by atoms with van der Waals surface area (Å²) < 4.78 is 16.8. The number of fused-ring (bicyclic) bond motifs is 4. The maximum atomic E-state index is 13.3. The van der Waals surface area contributed by atoms with Gasteiger partial charge in [-0.1, -0.05) is 48.5 Å². The van der Waals surface area contributed by atoms with Gasteiger partial charge in [0, 0.05) is 29.1 Å². The van der Waals surface area contributed by atoms with E-state index in [1.165, 1.54) is 6.07 Å². The highest BCUT2D eigenvalue weighted by atomic mass is 16.5. The largest absolute Gasteiger partial charge is 0.449 e. The van der Waals surface area contributed by atoms with Crippen molar-refractivity contribution < 1.29 is 23.5 Å². The number of anilines is 1. The molecular weight excluding hydrogens is 508 g/mol. The number of ether oxygens (including phenoxy) is 2. The first-order valence-corrected chi connectivity index (χ1v) is 13.2. The Morgan fingerprint density at radius 3 is 2.25 bits per heavy atom. The van der Waals surface area contributed by atoms with Crippen molar-refractivity contribution >= 4 is 28.7 Å². The molecule has 5 rings (SSSR count). The molecular formula is C32H32N2O6. The minimum atomic E-state index is -1.03. The Balaban J connectivity index is 1.29. The smallest absolute Gasteiger partial charge is 0.407 e. The molecule has 206 valence electrons. The van der Waals surface area contributed by atoms with Gasteiger partial charge in [0.2, 0.25) is 5.91 Å². The molecule has 4 aromatic rings. The second-order valence-corrected chi connectivity index (χ2v) is 10.9. The monoisotopic (exact) mass is 540 g/mol. The van der Waals surface area contributed by atoms with Crippen molar-refractivity contribution in [2.24, 2.45) is 0 Å². The minimum absolute atomic E-state index is 0.0682. The van der Waals surface area contributed by atoms with Crippen LogP contribution in [0, 0.1) is 6.92 Å². The third-order valence-corrected chi connectivity index (χ3v) is 6.85. The number of carbonyl (C=O) groups is 2. The Labute approximate surface area is 232 Å². The first-order valence-electron chi connectivity index (χ1n) is 13.2. The van der Waals surface area contributed by atoms with Crippen LogP contribution in [-0.4, -0.2) is 36.9 Å². The van der Waals surface area contributed by atoms with E-state index in [1.54, 1.807) is 18.2 Å². The summed E-state index contributed by atoms with van der Waals surface area (Å²) >= 11 is 0. The number of benzene rings is 3. The maximum absolute atomic E-state index is 13.3. The summed E-state index contributed by atoms with van der Waals surface area (Å²) in [5.74, 6) is -0.598. The molecule has 0 aliphatic heterocycles. The summed E-state index contributed by atoms with van der Waals surface area (Å²) in [5.41, 5.74) is 5.00. The van der Waals surface area contributed by atoms with E-state index in [-0.39, 0.29) is 19.1 Å². The number of carbonyl (C=O) groups excluding carboxylic acids is 2. The number of hydrogen-bond acceptors (Lipinski definition) is 6. The number of amides is 2. The van der Waals surface area contributed by atoms with Crippen LogP contribution in [0.5, 0.6) is 0 Å². The van der Waals surface area contributed by atoms with E-state index in [9.17, 15) is 14.4 Å². The Morgan fingerprint density at radius 2 is 1.60 bits per heavy atom. The zero-order valence-corrected chi connectivity index (χ0v) is 22.9. The molecule has 8 nitrogen and oxygen atoms in total. The molecule has 0 saturated carbocycles. The van der Waals surface area contributed by atoms with Crippen molar-refractivity contribution in [2.45, 2.75) is 45.3 Å². The first-order chi connectivity index (χ1) is 19.1. The third kappa shape index (κ3) is 5.92. The lowest BCUT2D eigenvalue weighted by atomic mass is 9.98. The van der Waals surface area contributed by atoms with E-state index in [4.69, 9.17) is 13.9 Å². The van der Waals surface area contributed by atoms with Gasteiger partial charge in [-0.3, -0.25) is 4.79 Å². The number of alkyl carbamates (subject to hydrolysis) is 1. The first kappa shape index (κ1) is 27.1. The van der Waals surface area contributed by atoms with Crippen molar-refractivity contribution in [2.75, 3.05) is 18.5 Å². The standard InChI is InChI=1S/C32H32N2O6/c1-19-15-29(35)40-28-16-20(13-14-21(19)28)33-30(36)27(18-39-32(2,3)4)34-31(37)38-17-26-24-11-7-5-9-22(24)23-10-6-8-12-25(23)26/h5-16,26-27H,17-18H2,1-4H3,(H,33,36)(H,34,37). The molecule has 1 atom stereocenters. The van der Waals surface area contributed by atoms with Crippen LogP contribution in [0.25, 0.3) is 22.1 Å². The van der Waals surface area contributed by atoms with Gasteiger partial charge in [-0.15, -0.1) is 0 Å². The highest BCUT2D eigenvalue weighted by Gasteiger charge is 2.30. The SMILES string of the molecule is Cc1cc(=O)oc2cc(NC(=O)C(COC(C)(C)C)NC(=O)OCC3c4ccccc4-c4ccccc43)ccc12. The van der Waals surface area contributed by atoms with Gasteiger partial charge in [0.1, 0.15) is 18.2 Å². The van der Waals surface area contributed by atoms with Crippen molar-refractivity contribution in [1.29, 1.82) is 0 Å². The van der Waals surface area contributed by atoms with E-state index >= 15 is 0 Å². The van der Waals surface area contributed by atoms with Crippen molar-refractivity contribution in [3.05, 3.63) is 99.9 Å². The Hall–Kier alpha value is -4.43. The lowest BCUT2D eigenvalue weighted by Crippen LogP contribution is -2.48. The number of hydrogen-bond donors (Lipinski definition) is 2. The molecule has 40 heavy (non-hydrogen) atoms. The van der Waals surface area contributed by atoms with Gasteiger partial charge >= 0.3 is 11.7 Å². The van der Waals surface area contributed by atoms with E-state index in [2.05, 4.69) is 22.8 Å². The van der Waals surface area contributed by atoms with Crippen LogP contribution in [0.1, 0.15) is 43.4 Å². The molecule has 0 bridgehead atoms. The summed E-state index contributed by atoms with van der Waals surface area (Å²) in [6.07, 6.45) is -0.723. The third-order valence-electron chi connectivity index (χ3n) is 6.85. The molecule has 1 aliphatic carbocycles. The van der Waals surface area contributed by atoms with Crippen molar-refractivity contribution in [3.63, 3.8) is 0 Å². The second-order valence-electron chi connectivity index (χ2n) is 10.9. The van der Waals surface area contributed by atoms with E-state index in [1.807, 2.05) is 64.1 Å². The Kier molecular flexibility index (Phi) is 7.45. The Bertz CT molecular complexity index is 1590. The summed E-state index contributed by atoms with van der Waals surface area (Å²) in [5, 5.41) is 6.22. The highest BCUT2D eigenvalue weighted by molar-refractivity contribution is 5.98. The topological polar surface area (TPSA) is 107 Å². The summed E-state index contributed by atoms with van der Waals surface area (Å²) in [7, 11) is 0. The lowest BCUT2D eigenvalue weighted by molar-refractivity contribution is -0.121. The van der Waals surface area contributed by atoms with E-state index in [0.29, 0.717) is 11.3 Å². The molecule has 2 N–H and O–H groups in total. The molecule has 1 aliphatic rings. The molecule has 1 aromatic heterocycles. The quantitative estimate of drug-likeness (QED) is 0.289. The summed E-state index contributed by atoms with van der Waals surface area (Å²) in [6, 6.07) is 21.6. The predicted octanol–water partition coefficient (Wildman–Crippen LogP) is 5.76. The van der Waals surface area contributed by atoms with Gasteiger partial charge in [-0.05, 0) is 67.6 Å². The van der Waals surface area contributed by atoms with E-state index in [0.717, 1.165) is 33.2 Å². The molecule has 0 radical (unpaired) electrons. The average Bonchev–Trinajstić information content (AvgIpc) is 3.22. The van der Waals surface area contributed by atoms with Gasteiger partial charge in [-0.2, -0.15) is 0 Å². The summed E-state index contributed by atoms with van der Waals surface area (Å²) in [6.45, 7) is 7.46. The normalized spacial score (nSPS) is 13.4. The van der Waals surface area contributed by atoms with Gasteiger partial charge in [0.15, 0.2) is 0 Å². The van der Waals surface area contributed by atoms with Crippen molar-refractivity contribution in [1.82, 2.24) is 5.32 Å². The second kappa shape index (κ2) is 11.0. The van der Waals surface area contributed by atoms with E-state index < -0.39 is 29.3 Å². The van der Waals surface area contributed by atoms with Gasteiger partial charge < -0.3 is 24.5 Å². The van der Waals surface area contributed by atoms with Gasteiger partial charge in [-0.25, -0.2) is 9.59 Å². The zero-order valence-electron chi connectivity index (χ0n) is 22.9. The lowest BCUT2D eigenvalue weighted by Gasteiger charge is -2.25. The molecule has 0 saturated heterocycles. The van der Waals surface area contributed by atoms with Gasteiger partial charge in [0.25, 0.3) is 0 Å². The molecule has 0 fully saturated rings. The van der Waals surface area contributed by atoms with Crippen LogP contribution in [0.3, 0.4) is 0 Å². The fourth-order valence-corrected chi connectivity index (χ4v) is 4.93. The van der Waals surface area contributed by atoms with Crippen LogP contribution in [0.15, 0.2) is 82.0 Å². The van der Waals surface area contributed by atoms with Crippen LogP contribution in [0.4, 0.5) is 10.5 Å². The van der Waals surface area contributed by atoms with Crippen LogP contribution in [0.2, 0.25) is 0 Å². The van der Waals surface area contributed by atoms with Crippen LogP contribution >= 0.6 is 0 Å². The predicted molar refractivity (Wildman–Crippen MR) is 154 cm³/mol. The molecule has 0 spiro atoms. The van der Waals surface area contributed by atoms with Crippen LogP contribution in [-0.2, 0) is 14.3 Å². The van der Waals surface area contributed by atoms with Crippen LogP contribution < -0.4 is 16.3 Å². The number of aryl methyl sites for hydroxylation is 1. The van der Waals surface area contributed by atoms with Crippen molar-refractivity contribution in [3.8, 4) is 11.1 Å². The molecule has 3 aromatic carbocycles. The van der Waals surface area contributed by atoms with Gasteiger partial charge in [0.05, 0.1) is 12.2 Å². The fourth-order valence-electron chi connectivity index (χ4n) is 4.93. The number of nitrogens with one attached hydrogen (secondary N) is 2. The Morgan fingerprint density at radius 1 is 0.950 bits per heavy atom. The minimum Gasteiger partial charge on any atom is -0.449 e. The molecule has 1 unspecified atom stereocenters. The maximum Gasteiger partial charge on any atom is 0.407 e. The molecule has 2 amide bonds. The fraction of sp³-hybridized carbons (Fsp3) is 0.281. The molecule has 8 heteroatoms. The average molecular weight is 541 g/mol. The highest BCUT2D eigenvalue weighted by Crippen LogP contribution is 2.44. The zero-order chi connectivity index (χ0) is 28.4. The molecule has 1 heterocycles. The summed E-state index contributed by atoms with van der Waals surface area (Å²) in [4.78, 5) is 38.0.